The first-order chi connectivity index (χ1) is 15.8. The largest absolute Gasteiger partial charge is 0.456 e. The molecule has 2 aliphatic carbocycles. The van der Waals surface area contributed by atoms with E-state index in [1.807, 2.05) is 26.8 Å². The first kappa shape index (κ1) is 22.0. The van der Waals surface area contributed by atoms with Crippen molar-refractivity contribution < 1.29 is 33.4 Å². The first-order valence-electron chi connectivity index (χ1n) is 12.2. The van der Waals surface area contributed by atoms with Crippen LogP contribution in [0.3, 0.4) is 0 Å². The maximum absolute atomic E-state index is 13.3. The van der Waals surface area contributed by atoms with E-state index in [1.54, 1.807) is 0 Å². The number of carbonyl (C=O) groups excluding carboxylic acids is 4. The van der Waals surface area contributed by atoms with Gasteiger partial charge in [-0.3, -0.25) is 19.7 Å². The third-order valence-corrected chi connectivity index (χ3v) is 10.3. The van der Waals surface area contributed by atoms with Gasteiger partial charge in [0.25, 0.3) is 11.8 Å². The van der Waals surface area contributed by atoms with Gasteiger partial charge in [0.15, 0.2) is 0 Å². The van der Waals surface area contributed by atoms with Crippen molar-refractivity contribution in [2.24, 2.45) is 28.6 Å². The topological polar surface area (TPSA) is 111 Å². The molecule has 0 aromatic rings. The van der Waals surface area contributed by atoms with Crippen LogP contribution in [-0.4, -0.2) is 46.7 Å². The zero-order chi connectivity index (χ0) is 24.5. The van der Waals surface area contributed by atoms with E-state index in [1.165, 1.54) is 12.2 Å². The monoisotopic (exact) mass is 469 g/mol. The number of hydrogen-bond donors (Lipinski definition) is 1. The molecule has 8 nitrogen and oxygen atoms in total. The van der Waals surface area contributed by atoms with Crippen molar-refractivity contribution in [1.29, 1.82) is 0 Å². The standard InChI is InChI=1S/C26H31NO7/c1-22(2)16-12-20(30)34-25(5)15(23(16,3)8-7-19(29)33-22)6-9-24(4)14(11-17-26(24,25)32-17)13-10-18(28)27-21(13)31/h7-8,10,14-17H,6,9,11-12H2,1-5H3,(H,27,28,31)/t14-,15+,16-,17+,23+,24-,25+,26+/m0/s1. The van der Waals surface area contributed by atoms with Gasteiger partial charge in [0.1, 0.15) is 16.8 Å². The molecule has 4 fully saturated rings. The highest BCUT2D eigenvalue weighted by molar-refractivity contribution is 6.16. The van der Waals surface area contributed by atoms with E-state index < -0.39 is 33.6 Å². The van der Waals surface area contributed by atoms with Crippen LogP contribution < -0.4 is 5.32 Å². The van der Waals surface area contributed by atoms with Crippen LogP contribution in [0, 0.1) is 28.6 Å². The highest BCUT2D eigenvalue weighted by Crippen LogP contribution is 2.77. The van der Waals surface area contributed by atoms with E-state index in [0.717, 1.165) is 12.8 Å². The minimum Gasteiger partial charge on any atom is -0.456 e. The Labute approximate surface area is 198 Å². The number of ether oxygens (including phenoxy) is 3. The fourth-order valence-corrected chi connectivity index (χ4v) is 8.94. The smallest absolute Gasteiger partial charge is 0.330 e. The molecule has 6 aliphatic rings. The molecule has 2 saturated carbocycles. The Bertz CT molecular complexity index is 1120. The van der Waals surface area contributed by atoms with Gasteiger partial charge < -0.3 is 14.2 Å². The summed E-state index contributed by atoms with van der Waals surface area (Å²) in [6.45, 7) is 9.93. The van der Waals surface area contributed by atoms with Crippen molar-refractivity contribution in [2.45, 2.75) is 83.2 Å². The van der Waals surface area contributed by atoms with Crippen LogP contribution in [0.15, 0.2) is 23.8 Å². The summed E-state index contributed by atoms with van der Waals surface area (Å²) in [7, 11) is 0. The van der Waals surface area contributed by atoms with Gasteiger partial charge in [-0.05, 0) is 45.4 Å². The average Bonchev–Trinajstić information content (AvgIpc) is 3.33. The Morgan fingerprint density at radius 2 is 1.74 bits per heavy atom. The summed E-state index contributed by atoms with van der Waals surface area (Å²) in [4.78, 5) is 50.3. The number of hydrogen-bond acceptors (Lipinski definition) is 7. The van der Waals surface area contributed by atoms with Gasteiger partial charge in [-0.2, -0.15) is 0 Å². The van der Waals surface area contributed by atoms with Gasteiger partial charge in [-0.25, -0.2) is 4.79 Å². The van der Waals surface area contributed by atoms with Gasteiger partial charge in [0.05, 0.1) is 12.5 Å². The lowest BCUT2D eigenvalue weighted by atomic mass is 9.47. The molecule has 6 rings (SSSR count). The second kappa shape index (κ2) is 6.20. The van der Waals surface area contributed by atoms with Crippen LogP contribution in [-0.2, 0) is 33.4 Å². The van der Waals surface area contributed by atoms with Gasteiger partial charge >= 0.3 is 11.9 Å². The SMILES string of the molecule is CC1(C)OC(=O)C=C[C@]2(C)[C@H]3CC[C@@]4(C)[C@H](C5=CC(=O)NC5=O)C[C@H]5O[C@]54[C@]3(C)OC(=O)C[C@@H]12. The molecule has 8 atom stereocenters. The minimum atomic E-state index is -0.965. The van der Waals surface area contributed by atoms with Gasteiger partial charge in [-0.1, -0.05) is 19.9 Å². The van der Waals surface area contributed by atoms with Gasteiger partial charge in [0, 0.05) is 40.9 Å². The summed E-state index contributed by atoms with van der Waals surface area (Å²) in [6, 6.07) is 0. The Morgan fingerprint density at radius 3 is 2.41 bits per heavy atom. The van der Waals surface area contributed by atoms with Crippen molar-refractivity contribution in [1.82, 2.24) is 5.32 Å². The molecule has 0 aromatic heterocycles. The molecule has 182 valence electrons. The molecule has 1 spiro atoms. The lowest BCUT2D eigenvalue weighted by Crippen LogP contribution is -2.66. The predicted octanol–water partition coefficient (Wildman–Crippen LogP) is 2.36. The average molecular weight is 470 g/mol. The minimum absolute atomic E-state index is 0.119. The number of carbonyl (C=O) groups is 4. The number of allylic oxidation sites excluding steroid dienone is 1. The van der Waals surface area contributed by atoms with Crippen molar-refractivity contribution >= 4 is 23.8 Å². The molecule has 8 heteroatoms. The third kappa shape index (κ3) is 2.38. The number of imide groups is 1. The zero-order valence-electron chi connectivity index (χ0n) is 20.2. The molecule has 2 amide bonds. The van der Waals surface area contributed by atoms with Crippen LogP contribution in [0.5, 0.6) is 0 Å². The van der Waals surface area contributed by atoms with E-state index in [0.29, 0.717) is 12.0 Å². The second-order valence-electron chi connectivity index (χ2n) is 12.1. The van der Waals surface area contributed by atoms with Crippen molar-refractivity contribution in [3.05, 3.63) is 23.8 Å². The number of epoxide rings is 1. The molecule has 34 heavy (non-hydrogen) atoms. The lowest BCUT2D eigenvalue weighted by molar-refractivity contribution is -0.206. The van der Waals surface area contributed by atoms with Crippen molar-refractivity contribution in [3.63, 3.8) is 0 Å². The maximum Gasteiger partial charge on any atom is 0.330 e. The summed E-state index contributed by atoms with van der Waals surface area (Å²) in [6.07, 6.45) is 6.87. The Morgan fingerprint density at radius 1 is 1.00 bits per heavy atom. The highest BCUT2D eigenvalue weighted by Gasteiger charge is 2.87. The van der Waals surface area contributed by atoms with Crippen LogP contribution in [0.4, 0.5) is 0 Å². The van der Waals surface area contributed by atoms with Crippen molar-refractivity contribution in [2.75, 3.05) is 0 Å². The molecule has 4 aliphatic heterocycles. The molecular weight excluding hydrogens is 438 g/mol. The maximum atomic E-state index is 13.3. The molecular formula is C26H31NO7. The lowest BCUT2D eigenvalue weighted by Gasteiger charge is -2.58. The van der Waals surface area contributed by atoms with Crippen LogP contribution in [0.1, 0.15) is 60.3 Å². The predicted molar refractivity (Wildman–Crippen MR) is 118 cm³/mol. The molecule has 0 aromatic carbocycles. The normalized spacial score (nSPS) is 50.4. The summed E-state index contributed by atoms with van der Waals surface area (Å²) >= 11 is 0. The molecule has 4 heterocycles. The van der Waals surface area contributed by atoms with E-state index in [4.69, 9.17) is 14.2 Å². The fourth-order valence-electron chi connectivity index (χ4n) is 8.94. The van der Waals surface area contributed by atoms with Crippen LogP contribution in [0.25, 0.3) is 0 Å². The van der Waals surface area contributed by atoms with E-state index in [9.17, 15) is 19.2 Å². The highest BCUT2D eigenvalue weighted by atomic mass is 16.7. The number of cyclic esters (lactones) is 1. The number of amides is 2. The van der Waals surface area contributed by atoms with Gasteiger partial charge in [0.2, 0.25) is 0 Å². The van der Waals surface area contributed by atoms with E-state index in [-0.39, 0.29) is 48.1 Å². The summed E-state index contributed by atoms with van der Waals surface area (Å²) < 4.78 is 18.6. The third-order valence-electron chi connectivity index (χ3n) is 10.3. The number of esters is 2. The van der Waals surface area contributed by atoms with Crippen LogP contribution in [0.2, 0.25) is 0 Å². The Hall–Kier alpha value is -2.48. The molecule has 2 saturated heterocycles. The number of rotatable bonds is 1. The quantitative estimate of drug-likeness (QED) is 0.356. The molecule has 1 N–H and O–H groups in total. The molecule has 0 radical (unpaired) electrons. The molecule has 0 bridgehead atoms. The zero-order valence-corrected chi connectivity index (χ0v) is 20.2. The fraction of sp³-hybridized carbons (Fsp3) is 0.692. The van der Waals surface area contributed by atoms with E-state index in [2.05, 4.69) is 19.2 Å². The number of fused-ring (bicyclic) bond motifs is 3. The first-order valence-corrected chi connectivity index (χ1v) is 12.2. The Balaban J connectivity index is 1.49. The number of nitrogens with one attached hydrogen (secondary N) is 1. The summed E-state index contributed by atoms with van der Waals surface area (Å²) in [5.41, 5.74) is -3.11. The van der Waals surface area contributed by atoms with Gasteiger partial charge in [-0.15, -0.1) is 0 Å². The molecule has 0 unspecified atom stereocenters. The second-order valence-corrected chi connectivity index (χ2v) is 12.1. The summed E-state index contributed by atoms with van der Waals surface area (Å²) in [5, 5.41) is 2.38. The van der Waals surface area contributed by atoms with E-state index >= 15 is 0 Å². The Kier molecular flexibility index (Phi) is 4.01. The summed E-state index contributed by atoms with van der Waals surface area (Å²) in [5.74, 6) is -2.00. The van der Waals surface area contributed by atoms with Crippen LogP contribution >= 0.6 is 0 Å². The van der Waals surface area contributed by atoms with Crippen molar-refractivity contribution in [3.8, 4) is 0 Å².